The van der Waals surface area contributed by atoms with Gasteiger partial charge in [0.2, 0.25) is 5.78 Å². The molecular weight excluding hydrogens is 282 g/mol. The smallest absolute Gasteiger partial charge is 0.220 e. The van der Waals surface area contributed by atoms with Crippen LogP contribution in [0.15, 0.2) is 72.8 Å². The van der Waals surface area contributed by atoms with Crippen molar-refractivity contribution in [1.82, 2.24) is 14.0 Å². The largest absolute Gasteiger partial charge is 0.278 e. The number of rotatable bonds is 1. The van der Waals surface area contributed by atoms with Gasteiger partial charge in [0.15, 0.2) is 0 Å². The Morgan fingerprint density at radius 2 is 1.35 bits per heavy atom. The molecular formula is C20H15N3. The van der Waals surface area contributed by atoms with E-state index in [0.29, 0.717) is 0 Å². The molecule has 2 heterocycles. The summed E-state index contributed by atoms with van der Waals surface area (Å²) in [5, 5.41) is 0. The number of aromatic nitrogens is 3. The number of para-hydroxylation sites is 5. The normalized spacial score (nSPS) is 11.7. The number of imidazole rings is 2. The Labute approximate surface area is 133 Å². The highest BCUT2D eigenvalue weighted by Crippen LogP contribution is 2.29. The summed E-state index contributed by atoms with van der Waals surface area (Å²) in [4.78, 5) is 4.90. The van der Waals surface area contributed by atoms with Crippen LogP contribution in [0.3, 0.4) is 0 Å². The second-order valence-corrected chi connectivity index (χ2v) is 5.85. The van der Waals surface area contributed by atoms with Gasteiger partial charge < -0.3 is 0 Å². The van der Waals surface area contributed by atoms with Gasteiger partial charge in [0.25, 0.3) is 0 Å². The van der Waals surface area contributed by atoms with Crippen LogP contribution in [0.1, 0.15) is 5.56 Å². The van der Waals surface area contributed by atoms with E-state index in [1.807, 2.05) is 6.07 Å². The zero-order valence-corrected chi connectivity index (χ0v) is 12.8. The molecule has 0 fully saturated rings. The lowest BCUT2D eigenvalue weighted by atomic mass is 10.2. The van der Waals surface area contributed by atoms with Crippen molar-refractivity contribution in [2.24, 2.45) is 0 Å². The highest BCUT2D eigenvalue weighted by molar-refractivity contribution is 5.92. The van der Waals surface area contributed by atoms with Crippen LogP contribution in [0.5, 0.6) is 0 Å². The van der Waals surface area contributed by atoms with Crippen LogP contribution in [0, 0.1) is 6.92 Å². The summed E-state index contributed by atoms with van der Waals surface area (Å²) in [5.74, 6) is 0.960. The maximum absolute atomic E-state index is 4.90. The van der Waals surface area contributed by atoms with E-state index < -0.39 is 0 Å². The SMILES string of the molecule is Cc1ccccc1-n1c2ccccc2n2c3ccccc3nc12. The molecule has 0 amide bonds. The lowest BCUT2D eigenvalue weighted by Crippen LogP contribution is -1.97. The molecule has 5 rings (SSSR count). The first-order valence-electron chi connectivity index (χ1n) is 7.77. The fraction of sp³-hybridized carbons (Fsp3) is 0.0500. The van der Waals surface area contributed by atoms with Crippen molar-refractivity contribution >= 4 is 27.8 Å². The van der Waals surface area contributed by atoms with Crippen molar-refractivity contribution in [3.8, 4) is 5.69 Å². The molecule has 0 saturated carbocycles. The molecule has 5 aromatic rings. The van der Waals surface area contributed by atoms with E-state index >= 15 is 0 Å². The molecule has 2 aromatic heterocycles. The van der Waals surface area contributed by atoms with E-state index in [4.69, 9.17) is 4.98 Å². The average molecular weight is 297 g/mol. The second-order valence-electron chi connectivity index (χ2n) is 5.85. The van der Waals surface area contributed by atoms with Gasteiger partial charge in [-0.3, -0.25) is 8.97 Å². The molecule has 110 valence electrons. The van der Waals surface area contributed by atoms with Gasteiger partial charge >= 0.3 is 0 Å². The molecule has 0 unspecified atom stereocenters. The van der Waals surface area contributed by atoms with Gasteiger partial charge in [-0.25, -0.2) is 4.98 Å². The molecule has 0 spiro atoms. The van der Waals surface area contributed by atoms with Crippen LogP contribution in [0.25, 0.3) is 33.5 Å². The van der Waals surface area contributed by atoms with E-state index in [-0.39, 0.29) is 0 Å². The molecule has 0 bridgehead atoms. The fourth-order valence-electron chi connectivity index (χ4n) is 3.40. The average Bonchev–Trinajstić information content (AvgIpc) is 3.10. The number of hydrogen-bond donors (Lipinski definition) is 0. The van der Waals surface area contributed by atoms with Crippen molar-refractivity contribution in [3.05, 3.63) is 78.4 Å². The maximum Gasteiger partial charge on any atom is 0.220 e. The first-order chi connectivity index (χ1) is 11.3. The molecule has 0 saturated heterocycles. The van der Waals surface area contributed by atoms with E-state index in [2.05, 4.69) is 82.6 Å². The monoisotopic (exact) mass is 297 g/mol. The van der Waals surface area contributed by atoms with Crippen molar-refractivity contribution in [2.75, 3.05) is 0 Å². The Bertz CT molecular complexity index is 1180. The van der Waals surface area contributed by atoms with Crippen LogP contribution in [-0.2, 0) is 0 Å². The predicted molar refractivity (Wildman–Crippen MR) is 94.3 cm³/mol. The fourth-order valence-corrected chi connectivity index (χ4v) is 3.40. The topological polar surface area (TPSA) is 22.2 Å². The summed E-state index contributed by atoms with van der Waals surface area (Å²) in [6.45, 7) is 2.14. The summed E-state index contributed by atoms with van der Waals surface area (Å²) in [5.41, 5.74) is 6.94. The van der Waals surface area contributed by atoms with Gasteiger partial charge in [-0.2, -0.15) is 0 Å². The van der Waals surface area contributed by atoms with Crippen molar-refractivity contribution in [2.45, 2.75) is 6.92 Å². The van der Waals surface area contributed by atoms with E-state index in [9.17, 15) is 0 Å². The minimum absolute atomic E-state index is 0.960. The lowest BCUT2D eigenvalue weighted by molar-refractivity contribution is 1.09. The molecule has 0 N–H and O–H groups in total. The van der Waals surface area contributed by atoms with Crippen LogP contribution >= 0.6 is 0 Å². The summed E-state index contributed by atoms with van der Waals surface area (Å²) in [6.07, 6.45) is 0. The molecule has 3 heteroatoms. The van der Waals surface area contributed by atoms with Gasteiger partial charge in [0, 0.05) is 0 Å². The Hall–Kier alpha value is -3.07. The second kappa shape index (κ2) is 4.46. The van der Waals surface area contributed by atoms with Gasteiger partial charge in [-0.05, 0) is 42.8 Å². The number of nitrogens with zero attached hydrogens (tertiary/aromatic N) is 3. The molecule has 3 aromatic carbocycles. The molecule has 0 radical (unpaired) electrons. The minimum atomic E-state index is 0.960. The van der Waals surface area contributed by atoms with Gasteiger partial charge in [-0.1, -0.05) is 42.5 Å². The molecule has 0 aliphatic heterocycles. The highest BCUT2D eigenvalue weighted by Gasteiger charge is 2.16. The summed E-state index contributed by atoms with van der Waals surface area (Å²) < 4.78 is 4.50. The molecule has 0 aliphatic carbocycles. The molecule has 0 atom stereocenters. The minimum Gasteiger partial charge on any atom is -0.278 e. The number of aryl methyl sites for hydroxylation is 1. The number of fused-ring (bicyclic) bond motifs is 5. The Balaban J connectivity index is 2.07. The lowest BCUT2D eigenvalue weighted by Gasteiger charge is -2.08. The molecule has 23 heavy (non-hydrogen) atoms. The number of hydrogen-bond acceptors (Lipinski definition) is 1. The third-order valence-electron chi connectivity index (χ3n) is 4.46. The summed E-state index contributed by atoms with van der Waals surface area (Å²) in [7, 11) is 0. The zero-order valence-electron chi connectivity index (χ0n) is 12.8. The first kappa shape index (κ1) is 12.5. The quantitative estimate of drug-likeness (QED) is 0.438. The predicted octanol–water partition coefficient (Wildman–Crippen LogP) is 4.74. The molecule has 3 nitrogen and oxygen atoms in total. The van der Waals surface area contributed by atoms with Crippen molar-refractivity contribution in [3.63, 3.8) is 0 Å². The van der Waals surface area contributed by atoms with Crippen molar-refractivity contribution < 1.29 is 0 Å². The summed E-state index contributed by atoms with van der Waals surface area (Å²) >= 11 is 0. The Morgan fingerprint density at radius 1 is 0.696 bits per heavy atom. The van der Waals surface area contributed by atoms with E-state index in [1.54, 1.807) is 0 Å². The summed E-state index contributed by atoms with van der Waals surface area (Å²) in [6, 6.07) is 25.2. The maximum atomic E-state index is 4.90. The van der Waals surface area contributed by atoms with Gasteiger partial charge in [-0.15, -0.1) is 0 Å². The standard InChI is InChI=1S/C20H15N3/c1-14-8-2-4-10-16(14)22-18-12-6-7-13-19(18)23-17-11-5-3-9-15(17)21-20(22)23/h2-13H,1H3. The van der Waals surface area contributed by atoms with Crippen molar-refractivity contribution in [1.29, 1.82) is 0 Å². The van der Waals surface area contributed by atoms with Crippen LogP contribution < -0.4 is 0 Å². The van der Waals surface area contributed by atoms with E-state index in [0.717, 1.165) is 16.8 Å². The van der Waals surface area contributed by atoms with Crippen LogP contribution in [0.2, 0.25) is 0 Å². The van der Waals surface area contributed by atoms with Gasteiger partial charge in [0.05, 0.1) is 27.8 Å². The third kappa shape index (κ3) is 1.62. The van der Waals surface area contributed by atoms with Gasteiger partial charge in [0.1, 0.15) is 0 Å². The highest BCUT2D eigenvalue weighted by atomic mass is 15.2. The number of benzene rings is 3. The first-order valence-corrected chi connectivity index (χ1v) is 7.77. The van der Waals surface area contributed by atoms with Crippen LogP contribution in [-0.4, -0.2) is 14.0 Å². The third-order valence-corrected chi connectivity index (χ3v) is 4.46. The Morgan fingerprint density at radius 3 is 2.17 bits per heavy atom. The van der Waals surface area contributed by atoms with E-state index in [1.165, 1.54) is 22.3 Å². The Kier molecular flexibility index (Phi) is 2.42. The zero-order chi connectivity index (χ0) is 15.4. The molecule has 0 aliphatic rings. The van der Waals surface area contributed by atoms with Crippen LogP contribution in [0.4, 0.5) is 0 Å².